The van der Waals surface area contributed by atoms with Gasteiger partial charge in [-0.25, -0.2) is 0 Å². The van der Waals surface area contributed by atoms with Gasteiger partial charge in [0, 0.05) is 24.3 Å². The van der Waals surface area contributed by atoms with Gasteiger partial charge in [-0.05, 0) is 47.9 Å². The minimum absolute atomic E-state index is 0.0118. The zero-order valence-corrected chi connectivity index (χ0v) is 18.7. The van der Waals surface area contributed by atoms with E-state index in [1.807, 2.05) is 24.3 Å². The first-order valence-electron chi connectivity index (χ1n) is 11.2. The first kappa shape index (κ1) is 20.5. The molecule has 2 aromatic carbocycles. The number of carbonyl (C=O) groups is 1. The van der Waals surface area contributed by atoms with E-state index in [0.717, 1.165) is 34.2 Å². The van der Waals surface area contributed by atoms with Crippen LogP contribution in [0.3, 0.4) is 0 Å². The van der Waals surface area contributed by atoms with Gasteiger partial charge in [-0.2, -0.15) is 0 Å². The maximum absolute atomic E-state index is 12.6. The van der Waals surface area contributed by atoms with Crippen LogP contribution in [0.15, 0.2) is 60.4 Å². The SMILES string of the molecule is Cc1ccccc1[C@H]1OC2(CC3C(=CO2)C(=O)CCC3(C)C)O[C@@H]1c1ccccc1C. The molecule has 4 nitrogen and oxygen atoms in total. The van der Waals surface area contributed by atoms with Gasteiger partial charge in [0.15, 0.2) is 5.78 Å². The van der Waals surface area contributed by atoms with E-state index in [1.54, 1.807) is 6.26 Å². The van der Waals surface area contributed by atoms with Gasteiger partial charge >= 0.3 is 5.97 Å². The second-order valence-corrected chi connectivity index (χ2v) is 9.83. The molecule has 162 valence electrons. The number of allylic oxidation sites excluding steroid dienone is 1. The Labute approximate surface area is 184 Å². The highest BCUT2D eigenvalue weighted by molar-refractivity contribution is 5.96. The summed E-state index contributed by atoms with van der Waals surface area (Å²) in [5, 5.41) is 0. The first-order valence-corrected chi connectivity index (χ1v) is 11.2. The minimum atomic E-state index is -1.19. The second-order valence-electron chi connectivity index (χ2n) is 9.83. The highest BCUT2D eigenvalue weighted by Crippen LogP contribution is 2.56. The number of aryl methyl sites for hydroxylation is 2. The third kappa shape index (κ3) is 3.42. The summed E-state index contributed by atoms with van der Waals surface area (Å²) in [5.41, 5.74) is 5.29. The summed E-state index contributed by atoms with van der Waals surface area (Å²) in [6.07, 6.45) is 2.99. The quantitative estimate of drug-likeness (QED) is 0.591. The molecule has 0 aromatic heterocycles. The molecule has 1 spiro atoms. The van der Waals surface area contributed by atoms with Gasteiger partial charge in [0.2, 0.25) is 0 Å². The molecule has 1 saturated heterocycles. The van der Waals surface area contributed by atoms with E-state index in [9.17, 15) is 4.79 Å². The van der Waals surface area contributed by atoms with Crippen LogP contribution in [0, 0.1) is 25.2 Å². The smallest absolute Gasteiger partial charge is 0.328 e. The lowest BCUT2D eigenvalue weighted by Crippen LogP contribution is -2.46. The van der Waals surface area contributed by atoms with Crippen LogP contribution in [0.4, 0.5) is 0 Å². The number of hydrogen-bond acceptors (Lipinski definition) is 4. The molecule has 31 heavy (non-hydrogen) atoms. The number of benzene rings is 2. The van der Waals surface area contributed by atoms with Gasteiger partial charge in [0.1, 0.15) is 12.2 Å². The van der Waals surface area contributed by atoms with E-state index < -0.39 is 5.97 Å². The molecule has 2 fully saturated rings. The van der Waals surface area contributed by atoms with Crippen molar-refractivity contribution < 1.29 is 19.0 Å². The maximum Gasteiger partial charge on any atom is 0.328 e. The largest absolute Gasteiger partial charge is 0.446 e. The normalized spacial score (nSPS) is 28.7. The zero-order chi connectivity index (χ0) is 21.8. The number of ether oxygens (including phenoxy) is 3. The summed E-state index contributed by atoms with van der Waals surface area (Å²) in [7, 11) is 0. The van der Waals surface area contributed by atoms with Gasteiger partial charge < -0.3 is 14.2 Å². The fraction of sp³-hybridized carbons (Fsp3) is 0.444. The van der Waals surface area contributed by atoms with E-state index in [1.165, 1.54) is 0 Å². The molecule has 4 heteroatoms. The molecule has 2 aromatic rings. The van der Waals surface area contributed by atoms with Crippen molar-refractivity contribution in [1.82, 2.24) is 0 Å². The third-order valence-corrected chi connectivity index (χ3v) is 7.33. The van der Waals surface area contributed by atoms with E-state index in [2.05, 4.69) is 52.0 Å². The maximum atomic E-state index is 12.6. The second kappa shape index (κ2) is 7.32. The van der Waals surface area contributed by atoms with Crippen LogP contribution in [0.5, 0.6) is 0 Å². The van der Waals surface area contributed by atoms with Crippen molar-refractivity contribution in [2.45, 2.75) is 65.1 Å². The molecular weight excluding hydrogens is 388 g/mol. The van der Waals surface area contributed by atoms with Crippen molar-refractivity contribution in [2.75, 3.05) is 0 Å². The molecule has 2 heterocycles. The number of hydrogen-bond donors (Lipinski definition) is 0. The molecule has 2 aliphatic heterocycles. The predicted octanol–water partition coefficient (Wildman–Crippen LogP) is 6.10. The number of Topliss-reactive ketones (excluding diaryl/α,β-unsaturated/α-hetero) is 1. The predicted molar refractivity (Wildman–Crippen MR) is 118 cm³/mol. The minimum Gasteiger partial charge on any atom is -0.446 e. The fourth-order valence-electron chi connectivity index (χ4n) is 5.31. The van der Waals surface area contributed by atoms with Crippen LogP contribution >= 0.6 is 0 Å². The van der Waals surface area contributed by atoms with Crippen LogP contribution in [0.1, 0.15) is 67.6 Å². The summed E-state index contributed by atoms with van der Waals surface area (Å²) in [4.78, 5) is 12.6. The summed E-state index contributed by atoms with van der Waals surface area (Å²) in [6.45, 7) is 8.65. The molecule has 1 unspecified atom stereocenters. The van der Waals surface area contributed by atoms with Crippen LogP contribution in [0.25, 0.3) is 0 Å². The van der Waals surface area contributed by atoms with Crippen molar-refractivity contribution in [3.8, 4) is 0 Å². The van der Waals surface area contributed by atoms with Gasteiger partial charge in [-0.15, -0.1) is 0 Å². The Morgan fingerprint density at radius 3 is 1.97 bits per heavy atom. The molecule has 0 bridgehead atoms. The molecule has 0 radical (unpaired) electrons. The van der Waals surface area contributed by atoms with Gasteiger partial charge in [0.25, 0.3) is 0 Å². The van der Waals surface area contributed by atoms with Crippen LogP contribution < -0.4 is 0 Å². The van der Waals surface area contributed by atoms with E-state index in [-0.39, 0.29) is 29.3 Å². The molecule has 0 N–H and O–H groups in total. The Hall–Kier alpha value is -2.43. The Balaban J connectivity index is 1.57. The summed E-state index contributed by atoms with van der Waals surface area (Å²) < 4.78 is 19.4. The topological polar surface area (TPSA) is 44.8 Å². The van der Waals surface area contributed by atoms with Crippen LogP contribution in [-0.2, 0) is 19.0 Å². The molecule has 1 aliphatic carbocycles. The standard InChI is InChI=1S/C27H30O4/c1-17-9-5-7-11-19(17)24-25(20-12-8-6-10-18(20)2)31-27(30-24)15-22-21(16-29-27)23(28)13-14-26(22,3)4/h5-12,16,22,24-25H,13-15H2,1-4H3/t22?,24-,25-/m1/s1. The molecule has 3 atom stereocenters. The highest BCUT2D eigenvalue weighted by Gasteiger charge is 2.57. The van der Waals surface area contributed by atoms with Crippen molar-refractivity contribution in [3.63, 3.8) is 0 Å². The Morgan fingerprint density at radius 1 is 0.871 bits per heavy atom. The monoisotopic (exact) mass is 418 g/mol. The first-order chi connectivity index (χ1) is 14.8. The van der Waals surface area contributed by atoms with E-state index in [4.69, 9.17) is 14.2 Å². The van der Waals surface area contributed by atoms with Crippen molar-refractivity contribution in [2.24, 2.45) is 11.3 Å². The molecule has 5 rings (SSSR count). The van der Waals surface area contributed by atoms with Gasteiger partial charge in [-0.1, -0.05) is 62.4 Å². The number of rotatable bonds is 2. The Bertz CT molecular complexity index is 997. The summed E-state index contributed by atoms with van der Waals surface area (Å²) in [6, 6.07) is 16.5. The average Bonchev–Trinajstić information content (AvgIpc) is 3.10. The Kier molecular flexibility index (Phi) is 4.83. The molecule has 1 saturated carbocycles. The number of fused-ring (bicyclic) bond motifs is 1. The molecule has 0 amide bonds. The van der Waals surface area contributed by atoms with Crippen molar-refractivity contribution in [3.05, 3.63) is 82.6 Å². The molecule has 3 aliphatic rings. The van der Waals surface area contributed by atoms with Crippen molar-refractivity contribution >= 4 is 5.78 Å². The van der Waals surface area contributed by atoms with E-state index in [0.29, 0.717) is 12.8 Å². The Morgan fingerprint density at radius 2 is 1.42 bits per heavy atom. The molecular formula is C27H30O4. The zero-order valence-electron chi connectivity index (χ0n) is 18.7. The summed E-state index contributed by atoms with van der Waals surface area (Å²) >= 11 is 0. The third-order valence-electron chi connectivity index (χ3n) is 7.33. The van der Waals surface area contributed by atoms with Gasteiger partial charge in [-0.3, -0.25) is 4.79 Å². The lowest BCUT2D eigenvalue weighted by atomic mass is 9.64. The number of ketones is 1. The lowest BCUT2D eigenvalue weighted by molar-refractivity contribution is -0.336. The highest BCUT2D eigenvalue weighted by atomic mass is 16.9. The van der Waals surface area contributed by atoms with Gasteiger partial charge in [0.05, 0.1) is 6.26 Å². The van der Waals surface area contributed by atoms with Crippen molar-refractivity contribution in [1.29, 1.82) is 0 Å². The lowest BCUT2D eigenvalue weighted by Gasteiger charge is -2.45. The van der Waals surface area contributed by atoms with Crippen LogP contribution in [0.2, 0.25) is 0 Å². The fourth-order valence-corrected chi connectivity index (χ4v) is 5.31. The van der Waals surface area contributed by atoms with E-state index >= 15 is 0 Å². The van der Waals surface area contributed by atoms with Crippen LogP contribution in [-0.4, -0.2) is 11.8 Å². The number of carbonyl (C=O) groups excluding carboxylic acids is 1. The average molecular weight is 419 g/mol. The summed E-state index contributed by atoms with van der Waals surface area (Å²) in [5.74, 6) is -0.957.